The summed E-state index contributed by atoms with van der Waals surface area (Å²) < 4.78 is 12.8. The molecule has 1 aromatic carbocycles. The summed E-state index contributed by atoms with van der Waals surface area (Å²) in [4.78, 5) is 0. The maximum absolute atomic E-state index is 12.8. The van der Waals surface area contributed by atoms with Gasteiger partial charge in [0.2, 0.25) is 0 Å². The van der Waals surface area contributed by atoms with E-state index >= 15 is 0 Å². The van der Waals surface area contributed by atoms with Crippen LogP contribution >= 0.6 is 12.2 Å². The van der Waals surface area contributed by atoms with Crippen LogP contribution < -0.4 is 10.7 Å². The Morgan fingerprint density at radius 3 is 2.44 bits per heavy atom. The second-order valence-electron chi connectivity index (χ2n) is 4.16. The minimum atomic E-state index is -0.251. The molecular weight excluding hydrogens is 249 g/mol. The quantitative estimate of drug-likeness (QED) is 0.500. The van der Waals surface area contributed by atoms with Crippen molar-refractivity contribution in [3.63, 3.8) is 0 Å². The lowest BCUT2D eigenvalue weighted by molar-refractivity contribution is 0.627. The number of hydrogen-bond donors (Lipinski definition) is 2. The minimum Gasteiger partial charge on any atom is -0.359 e. The summed E-state index contributed by atoms with van der Waals surface area (Å²) in [7, 11) is 0. The first-order valence-electron chi connectivity index (χ1n) is 5.92. The fourth-order valence-electron chi connectivity index (χ4n) is 1.40. The van der Waals surface area contributed by atoms with Crippen LogP contribution in [0.4, 0.5) is 4.39 Å². The van der Waals surface area contributed by atoms with E-state index in [1.54, 1.807) is 12.1 Å². The predicted octanol–water partition coefficient (Wildman–Crippen LogP) is 2.81. The van der Waals surface area contributed by atoms with Gasteiger partial charge in [0.1, 0.15) is 5.82 Å². The van der Waals surface area contributed by atoms with Gasteiger partial charge in [0, 0.05) is 6.04 Å². The van der Waals surface area contributed by atoms with E-state index in [0.29, 0.717) is 5.11 Å². The molecule has 2 N–H and O–H groups in total. The van der Waals surface area contributed by atoms with Crippen molar-refractivity contribution in [2.45, 2.75) is 33.2 Å². The van der Waals surface area contributed by atoms with Crippen LogP contribution in [-0.4, -0.2) is 16.9 Å². The average Bonchev–Trinajstić information content (AvgIpc) is 2.31. The molecule has 3 nitrogen and oxygen atoms in total. The Labute approximate surface area is 112 Å². The maximum atomic E-state index is 12.8. The summed E-state index contributed by atoms with van der Waals surface area (Å²) in [6.45, 7) is 5.99. The first kappa shape index (κ1) is 14.6. The van der Waals surface area contributed by atoms with E-state index in [1.165, 1.54) is 12.1 Å². The molecule has 0 saturated heterocycles. The van der Waals surface area contributed by atoms with Crippen LogP contribution in [0.5, 0.6) is 0 Å². The van der Waals surface area contributed by atoms with Gasteiger partial charge < -0.3 is 5.32 Å². The molecule has 0 fully saturated rings. The monoisotopic (exact) mass is 267 g/mol. The average molecular weight is 267 g/mol. The molecule has 0 spiro atoms. The van der Waals surface area contributed by atoms with Crippen LogP contribution in [0.15, 0.2) is 29.4 Å². The van der Waals surface area contributed by atoms with Gasteiger partial charge in [0.05, 0.1) is 5.71 Å². The van der Waals surface area contributed by atoms with Crippen molar-refractivity contribution >= 4 is 23.0 Å². The number of nitrogens with one attached hydrogen (secondary N) is 2. The van der Waals surface area contributed by atoms with Crippen LogP contribution in [0.2, 0.25) is 0 Å². The van der Waals surface area contributed by atoms with Gasteiger partial charge in [0.15, 0.2) is 5.11 Å². The van der Waals surface area contributed by atoms with Gasteiger partial charge >= 0.3 is 0 Å². The standard InChI is InChI=1S/C13H18FN3S/c1-4-12(10-5-7-11(14)8-6-10)16-17-13(18)15-9(2)3/h5-9H,4H2,1-3H3,(H2,15,17,18). The van der Waals surface area contributed by atoms with Crippen molar-refractivity contribution in [3.05, 3.63) is 35.6 Å². The van der Waals surface area contributed by atoms with E-state index in [2.05, 4.69) is 15.8 Å². The first-order chi connectivity index (χ1) is 8.52. The van der Waals surface area contributed by atoms with Crippen LogP contribution in [0.25, 0.3) is 0 Å². The molecule has 0 amide bonds. The third-order valence-electron chi connectivity index (χ3n) is 2.22. The molecule has 1 aromatic rings. The van der Waals surface area contributed by atoms with E-state index < -0.39 is 0 Å². The van der Waals surface area contributed by atoms with Gasteiger partial charge in [-0.1, -0.05) is 19.1 Å². The largest absolute Gasteiger partial charge is 0.359 e. The lowest BCUT2D eigenvalue weighted by Crippen LogP contribution is -2.37. The number of rotatable bonds is 4. The van der Waals surface area contributed by atoms with E-state index in [9.17, 15) is 4.39 Å². The summed E-state index contributed by atoms with van der Waals surface area (Å²) in [5.41, 5.74) is 4.52. The molecule has 0 aromatic heterocycles. The zero-order valence-corrected chi connectivity index (χ0v) is 11.6. The Kier molecular flexibility index (Phi) is 5.71. The van der Waals surface area contributed by atoms with E-state index in [1.807, 2.05) is 20.8 Å². The van der Waals surface area contributed by atoms with Gasteiger partial charge in [-0.05, 0) is 50.2 Å². The zero-order valence-electron chi connectivity index (χ0n) is 10.8. The summed E-state index contributed by atoms with van der Waals surface area (Å²) in [5, 5.41) is 7.76. The van der Waals surface area contributed by atoms with Gasteiger partial charge in [-0.15, -0.1) is 0 Å². The Morgan fingerprint density at radius 2 is 1.94 bits per heavy atom. The lowest BCUT2D eigenvalue weighted by atomic mass is 10.1. The summed E-state index contributed by atoms with van der Waals surface area (Å²) in [6.07, 6.45) is 0.739. The molecule has 1 rings (SSSR count). The molecule has 5 heteroatoms. The maximum Gasteiger partial charge on any atom is 0.187 e. The minimum absolute atomic E-state index is 0.251. The molecular formula is C13H18FN3S. The predicted molar refractivity (Wildman–Crippen MR) is 77.2 cm³/mol. The van der Waals surface area contributed by atoms with E-state index in [-0.39, 0.29) is 11.9 Å². The Bertz CT molecular complexity index is 426. The number of benzene rings is 1. The van der Waals surface area contributed by atoms with Crippen molar-refractivity contribution in [3.8, 4) is 0 Å². The summed E-state index contributed by atoms with van der Waals surface area (Å²) >= 11 is 5.08. The highest BCUT2D eigenvalue weighted by molar-refractivity contribution is 7.80. The lowest BCUT2D eigenvalue weighted by Gasteiger charge is -2.11. The van der Waals surface area contributed by atoms with Crippen LogP contribution in [0.3, 0.4) is 0 Å². The second-order valence-corrected chi connectivity index (χ2v) is 4.57. The molecule has 0 aliphatic heterocycles. The van der Waals surface area contributed by atoms with Crippen molar-refractivity contribution < 1.29 is 4.39 Å². The van der Waals surface area contributed by atoms with Gasteiger partial charge in [-0.25, -0.2) is 4.39 Å². The molecule has 0 heterocycles. The molecule has 0 bridgehead atoms. The zero-order chi connectivity index (χ0) is 13.5. The smallest absolute Gasteiger partial charge is 0.187 e. The highest BCUT2D eigenvalue weighted by atomic mass is 32.1. The Balaban J connectivity index is 2.71. The molecule has 0 atom stereocenters. The highest BCUT2D eigenvalue weighted by Gasteiger charge is 2.02. The molecule has 0 aliphatic rings. The molecule has 18 heavy (non-hydrogen) atoms. The van der Waals surface area contributed by atoms with Gasteiger partial charge in [-0.2, -0.15) is 5.10 Å². The van der Waals surface area contributed by atoms with Crippen molar-refractivity contribution in [1.29, 1.82) is 0 Å². The van der Waals surface area contributed by atoms with Gasteiger partial charge in [-0.3, -0.25) is 5.43 Å². The van der Waals surface area contributed by atoms with E-state index in [4.69, 9.17) is 12.2 Å². The fourth-order valence-corrected chi connectivity index (χ4v) is 1.68. The fraction of sp³-hybridized carbons (Fsp3) is 0.385. The molecule has 0 radical (unpaired) electrons. The van der Waals surface area contributed by atoms with E-state index in [0.717, 1.165) is 17.7 Å². The first-order valence-corrected chi connectivity index (χ1v) is 6.32. The molecule has 0 aliphatic carbocycles. The number of hydrogen-bond acceptors (Lipinski definition) is 2. The topological polar surface area (TPSA) is 36.4 Å². The van der Waals surface area contributed by atoms with Crippen LogP contribution in [0.1, 0.15) is 32.8 Å². The Hall–Kier alpha value is -1.49. The Morgan fingerprint density at radius 1 is 1.33 bits per heavy atom. The SMILES string of the molecule is CCC(=NNC(=S)NC(C)C)c1ccc(F)cc1. The summed E-state index contributed by atoms with van der Waals surface area (Å²) in [5.74, 6) is -0.251. The third-order valence-corrected chi connectivity index (χ3v) is 2.43. The van der Waals surface area contributed by atoms with Crippen molar-refractivity contribution in [2.75, 3.05) is 0 Å². The number of hydrazone groups is 1. The summed E-state index contributed by atoms with van der Waals surface area (Å²) in [6, 6.07) is 6.52. The van der Waals surface area contributed by atoms with Gasteiger partial charge in [0.25, 0.3) is 0 Å². The second kappa shape index (κ2) is 7.06. The van der Waals surface area contributed by atoms with Crippen LogP contribution in [0, 0.1) is 5.82 Å². The number of thiocarbonyl (C=S) groups is 1. The van der Waals surface area contributed by atoms with Crippen LogP contribution in [-0.2, 0) is 0 Å². The van der Waals surface area contributed by atoms with Crippen molar-refractivity contribution in [2.24, 2.45) is 5.10 Å². The van der Waals surface area contributed by atoms with Crippen molar-refractivity contribution in [1.82, 2.24) is 10.7 Å². The number of nitrogens with zero attached hydrogens (tertiary/aromatic N) is 1. The molecule has 0 saturated carbocycles. The number of halogens is 1. The normalized spacial score (nSPS) is 11.5. The highest BCUT2D eigenvalue weighted by Crippen LogP contribution is 2.06. The third kappa shape index (κ3) is 4.79. The molecule has 98 valence electrons. The molecule has 0 unspecified atom stereocenters.